The van der Waals surface area contributed by atoms with Crippen molar-refractivity contribution in [3.63, 3.8) is 0 Å². The second-order valence-corrected chi connectivity index (χ2v) is 8.10. The van der Waals surface area contributed by atoms with Crippen LogP contribution in [0.2, 0.25) is 0 Å². The largest absolute Gasteiger partial charge is 0.507 e. The van der Waals surface area contributed by atoms with Gasteiger partial charge in [0.05, 0.1) is 38.4 Å². The Morgan fingerprint density at radius 1 is 1.07 bits per heavy atom. The van der Waals surface area contributed by atoms with Gasteiger partial charge in [-0.05, 0) is 55.2 Å². The number of piperidine rings is 1. The Morgan fingerprint density at radius 2 is 1.83 bits per heavy atom. The number of fused-ring (bicyclic) bond motifs is 1. The summed E-state index contributed by atoms with van der Waals surface area (Å²) in [6.45, 7) is 5.03. The van der Waals surface area contributed by atoms with E-state index in [0.29, 0.717) is 40.3 Å². The average Bonchev–Trinajstić information content (AvgIpc) is 2.76. The molecule has 0 unspecified atom stereocenters. The summed E-state index contributed by atoms with van der Waals surface area (Å²) in [7, 11) is 3.14. The molecule has 6 heteroatoms. The summed E-state index contributed by atoms with van der Waals surface area (Å²) in [5.41, 5.74) is 1.69. The smallest absolute Gasteiger partial charge is 0.344 e. The lowest BCUT2D eigenvalue weighted by atomic mass is 9.98. The van der Waals surface area contributed by atoms with Gasteiger partial charge in [-0.15, -0.1) is 0 Å². The number of likely N-dealkylation sites (tertiary alicyclic amines) is 1. The molecule has 1 fully saturated rings. The fourth-order valence-corrected chi connectivity index (χ4v) is 4.21. The van der Waals surface area contributed by atoms with Crippen LogP contribution >= 0.6 is 0 Å². The molecule has 2 N–H and O–H groups in total. The number of rotatable bonds is 5. The summed E-state index contributed by atoms with van der Waals surface area (Å²) in [6, 6.07) is 10.6. The predicted molar refractivity (Wildman–Crippen MR) is 115 cm³/mol. The van der Waals surface area contributed by atoms with Gasteiger partial charge in [0.1, 0.15) is 23.8 Å². The molecule has 30 heavy (non-hydrogen) atoms. The highest BCUT2D eigenvalue weighted by atomic mass is 16.5. The number of ether oxygens (including phenoxy) is 2. The highest BCUT2D eigenvalue weighted by Crippen LogP contribution is 2.34. The first kappa shape index (κ1) is 20.3. The standard InChI is InChI=1S/C24H27NO5/c1-15-8-10-25(11-9-15)14-20-21(26)6-4-16-12-19(24(27)30-23(16)20)18-13-17(28-2)5-7-22(18)29-3/h4-7,12-13,15,26H,8-11,14H2,1-3H3/p+1. The Hall–Kier alpha value is -2.99. The predicted octanol–water partition coefficient (Wildman–Crippen LogP) is 3.00. The van der Waals surface area contributed by atoms with Gasteiger partial charge in [0, 0.05) is 10.9 Å². The molecule has 1 aliphatic rings. The number of hydrogen-bond donors (Lipinski definition) is 2. The van der Waals surface area contributed by atoms with E-state index in [2.05, 4.69) is 6.92 Å². The van der Waals surface area contributed by atoms with E-state index in [4.69, 9.17) is 13.9 Å². The van der Waals surface area contributed by atoms with Crippen LogP contribution in [0.1, 0.15) is 25.3 Å². The normalized spacial score (nSPS) is 19.0. The number of nitrogens with one attached hydrogen (secondary N) is 1. The van der Waals surface area contributed by atoms with E-state index in [1.54, 1.807) is 50.6 Å². The van der Waals surface area contributed by atoms with Crippen LogP contribution in [0.25, 0.3) is 22.1 Å². The van der Waals surface area contributed by atoms with Crippen molar-refractivity contribution in [2.45, 2.75) is 26.3 Å². The van der Waals surface area contributed by atoms with Crippen molar-refractivity contribution in [2.24, 2.45) is 5.92 Å². The topological polar surface area (TPSA) is 73.3 Å². The van der Waals surface area contributed by atoms with E-state index in [0.717, 1.165) is 24.4 Å². The summed E-state index contributed by atoms with van der Waals surface area (Å²) in [5, 5.41) is 11.3. The maximum absolute atomic E-state index is 12.9. The quantitative estimate of drug-likeness (QED) is 0.633. The van der Waals surface area contributed by atoms with Crippen LogP contribution in [-0.2, 0) is 6.54 Å². The van der Waals surface area contributed by atoms with Crippen LogP contribution in [0, 0.1) is 5.92 Å². The molecule has 1 aliphatic heterocycles. The summed E-state index contributed by atoms with van der Waals surface area (Å²) in [4.78, 5) is 14.3. The van der Waals surface area contributed by atoms with E-state index < -0.39 is 5.63 Å². The Labute approximate surface area is 175 Å². The van der Waals surface area contributed by atoms with Gasteiger partial charge in [0.25, 0.3) is 0 Å². The number of phenols is 1. The molecule has 0 aliphatic carbocycles. The molecule has 2 aromatic carbocycles. The van der Waals surface area contributed by atoms with E-state index in [9.17, 15) is 9.90 Å². The maximum Gasteiger partial charge on any atom is 0.344 e. The van der Waals surface area contributed by atoms with Crippen molar-refractivity contribution >= 4 is 11.0 Å². The number of aromatic hydroxyl groups is 1. The van der Waals surface area contributed by atoms with E-state index in [1.807, 2.05) is 0 Å². The third kappa shape index (κ3) is 3.87. The monoisotopic (exact) mass is 410 g/mol. The summed E-state index contributed by atoms with van der Waals surface area (Å²) >= 11 is 0. The van der Waals surface area contributed by atoms with Gasteiger partial charge in [-0.3, -0.25) is 0 Å². The first-order valence-corrected chi connectivity index (χ1v) is 10.3. The van der Waals surface area contributed by atoms with Gasteiger partial charge >= 0.3 is 5.63 Å². The molecular weight excluding hydrogens is 382 g/mol. The zero-order valence-electron chi connectivity index (χ0n) is 17.7. The molecule has 1 aromatic heterocycles. The van der Waals surface area contributed by atoms with Crippen LogP contribution in [0.5, 0.6) is 17.2 Å². The third-order valence-corrected chi connectivity index (χ3v) is 6.09. The molecule has 0 spiro atoms. The molecule has 0 saturated carbocycles. The van der Waals surface area contributed by atoms with Crippen molar-refractivity contribution in [3.8, 4) is 28.4 Å². The van der Waals surface area contributed by atoms with Gasteiger partial charge in [0.2, 0.25) is 0 Å². The zero-order chi connectivity index (χ0) is 21.3. The minimum atomic E-state index is -0.469. The molecule has 4 rings (SSSR count). The maximum atomic E-state index is 12.9. The summed E-state index contributed by atoms with van der Waals surface area (Å²) < 4.78 is 16.5. The minimum absolute atomic E-state index is 0.170. The molecule has 0 amide bonds. The van der Waals surface area contributed by atoms with Gasteiger partial charge in [-0.25, -0.2) is 4.79 Å². The van der Waals surface area contributed by atoms with Crippen molar-refractivity contribution in [2.75, 3.05) is 27.3 Å². The Bertz CT molecular complexity index is 1110. The van der Waals surface area contributed by atoms with Crippen LogP contribution in [0.15, 0.2) is 45.6 Å². The molecule has 158 valence electrons. The molecule has 0 radical (unpaired) electrons. The van der Waals surface area contributed by atoms with Crippen molar-refractivity contribution in [3.05, 3.63) is 52.4 Å². The lowest BCUT2D eigenvalue weighted by Gasteiger charge is -2.27. The van der Waals surface area contributed by atoms with Gasteiger partial charge < -0.3 is 23.9 Å². The number of benzene rings is 2. The molecular formula is C24H28NO5+. The minimum Gasteiger partial charge on any atom is -0.507 e. The highest BCUT2D eigenvalue weighted by Gasteiger charge is 2.23. The lowest BCUT2D eigenvalue weighted by molar-refractivity contribution is -0.919. The fourth-order valence-electron chi connectivity index (χ4n) is 4.21. The van der Waals surface area contributed by atoms with Gasteiger partial charge in [-0.2, -0.15) is 0 Å². The van der Waals surface area contributed by atoms with Gasteiger partial charge in [-0.1, -0.05) is 6.92 Å². The SMILES string of the molecule is COc1ccc(OC)c(-c2cc3ccc(O)c(C[NH+]4CCC(C)CC4)c3oc2=O)c1. The number of phenolic OH excluding ortho intramolecular Hbond substituents is 1. The molecule has 1 saturated heterocycles. The van der Waals surface area contributed by atoms with Crippen LogP contribution in [0.3, 0.4) is 0 Å². The molecule has 6 nitrogen and oxygen atoms in total. The summed E-state index contributed by atoms with van der Waals surface area (Å²) in [5.74, 6) is 2.10. The van der Waals surface area contributed by atoms with E-state index in [1.165, 1.54) is 17.7 Å². The molecule has 3 aromatic rings. The Balaban J connectivity index is 1.79. The second-order valence-electron chi connectivity index (χ2n) is 8.10. The first-order chi connectivity index (χ1) is 14.5. The first-order valence-electron chi connectivity index (χ1n) is 10.3. The molecule has 0 bridgehead atoms. The number of hydrogen-bond acceptors (Lipinski definition) is 5. The Kier molecular flexibility index (Phi) is 5.68. The molecule has 0 atom stereocenters. The van der Waals surface area contributed by atoms with Crippen molar-refractivity contribution < 1.29 is 23.9 Å². The second kappa shape index (κ2) is 8.40. The van der Waals surface area contributed by atoms with E-state index >= 15 is 0 Å². The van der Waals surface area contributed by atoms with E-state index in [-0.39, 0.29) is 5.75 Å². The van der Waals surface area contributed by atoms with Crippen LogP contribution in [-0.4, -0.2) is 32.4 Å². The van der Waals surface area contributed by atoms with Crippen LogP contribution in [0.4, 0.5) is 0 Å². The van der Waals surface area contributed by atoms with Crippen molar-refractivity contribution in [1.82, 2.24) is 0 Å². The lowest BCUT2D eigenvalue weighted by Crippen LogP contribution is -3.11. The third-order valence-electron chi connectivity index (χ3n) is 6.09. The fraction of sp³-hybridized carbons (Fsp3) is 0.375. The number of quaternary nitrogens is 1. The number of methoxy groups -OCH3 is 2. The average molecular weight is 410 g/mol. The summed E-state index contributed by atoms with van der Waals surface area (Å²) in [6.07, 6.45) is 2.34. The highest BCUT2D eigenvalue weighted by molar-refractivity contribution is 5.86. The molecule has 2 heterocycles. The van der Waals surface area contributed by atoms with Gasteiger partial charge in [0.15, 0.2) is 5.58 Å². The van der Waals surface area contributed by atoms with Crippen LogP contribution < -0.4 is 20.0 Å². The van der Waals surface area contributed by atoms with Crippen molar-refractivity contribution in [1.29, 1.82) is 0 Å². The Morgan fingerprint density at radius 3 is 2.53 bits per heavy atom. The zero-order valence-corrected chi connectivity index (χ0v) is 17.7.